The average Bonchev–Trinajstić information content (AvgIpc) is 1.56. The van der Waals surface area contributed by atoms with Crippen LogP contribution in [0.2, 0.25) is 0 Å². The molecule has 0 fully saturated rings. The summed E-state index contributed by atoms with van der Waals surface area (Å²) in [6, 6.07) is 53.1. The molecular weight excluding hydrogens is 1200 g/mol. The fourth-order valence-corrected chi connectivity index (χ4v) is 14.1. The number of aromatic amines is 4. The number of nitrogens with zero attached hydrogens (tertiary/aromatic N) is 4. The monoisotopic (exact) mass is 1290 g/mol. The number of nitrogens with one attached hydrogen (secondary N) is 4. The zero-order valence-electron chi connectivity index (χ0n) is 58.7. The van der Waals surface area contributed by atoms with Crippen molar-refractivity contribution >= 4 is 92.7 Å². The molecule has 0 aliphatic carbocycles. The normalized spacial score (nSPS) is 14.4. The predicted octanol–water partition coefficient (Wildman–Crippen LogP) is 23.3. The SMILES string of the molecule is CC(C)(C)c1cc(-c2c3nc(c4c5ccc([nH]5)c(c5nc(cc6ccc2[nH]6)C=C5)-c2cccc(c2)OCCCCCCCCOc2cccc(c2)-c2c5nc(cc6ccc([nH]6)c(-c6cc(C(C)(C)C)cc(C(C)(C)C)c6)c6nc(c-4c4ccc2[nH]4)C=C6)C=C5)C=C3)cc(C(C)(C)C)c1. The van der Waals surface area contributed by atoms with Gasteiger partial charge in [0.2, 0.25) is 0 Å². The molecule has 5 aliphatic heterocycles. The summed E-state index contributed by atoms with van der Waals surface area (Å²) in [5.74, 6) is 1.64. The van der Waals surface area contributed by atoms with Gasteiger partial charge in [-0.15, -0.1) is 0 Å². The first-order valence-electron chi connectivity index (χ1n) is 35.1. The van der Waals surface area contributed by atoms with Crippen LogP contribution in [0.25, 0.3) is 148 Å². The van der Waals surface area contributed by atoms with Gasteiger partial charge in [0.1, 0.15) is 11.5 Å². The van der Waals surface area contributed by atoms with Crippen molar-refractivity contribution in [3.05, 3.63) is 213 Å². The lowest BCUT2D eigenvalue weighted by atomic mass is 9.78. The van der Waals surface area contributed by atoms with Gasteiger partial charge in [-0.05, 0) is 213 Å². The molecule has 492 valence electrons. The lowest BCUT2D eigenvalue weighted by Gasteiger charge is -2.26. The van der Waals surface area contributed by atoms with Crippen molar-refractivity contribution < 1.29 is 9.47 Å². The van der Waals surface area contributed by atoms with Crippen LogP contribution in [0.1, 0.15) is 189 Å². The maximum Gasteiger partial charge on any atom is 0.119 e. The fourth-order valence-electron chi connectivity index (χ4n) is 14.1. The summed E-state index contributed by atoms with van der Waals surface area (Å²) in [5.41, 5.74) is 27.9. The zero-order chi connectivity index (χ0) is 67.8. The van der Waals surface area contributed by atoms with E-state index < -0.39 is 0 Å². The van der Waals surface area contributed by atoms with E-state index in [0.29, 0.717) is 13.2 Å². The molecule has 11 heterocycles. The highest BCUT2D eigenvalue weighted by atomic mass is 16.5. The highest BCUT2D eigenvalue weighted by molar-refractivity contribution is 6.05. The topological polar surface area (TPSA) is 133 Å². The van der Waals surface area contributed by atoms with E-state index >= 15 is 0 Å². The van der Waals surface area contributed by atoms with Crippen LogP contribution in [-0.2, 0) is 21.7 Å². The Morgan fingerprint density at radius 3 is 0.959 bits per heavy atom. The third-order valence-corrected chi connectivity index (χ3v) is 19.6. The summed E-state index contributed by atoms with van der Waals surface area (Å²) in [7, 11) is 0. The van der Waals surface area contributed by atoms with Gasteiger partial charge in [0, 0.05) is 77.5 Å². The van der Waals surface area contributed by atoms with Crippen LogP contribution in [0.15, 0.2) is 146 Å². The van der Waals surface area contributed by atoms with Gasteiger partial charge in [0.05, 0.1) is 58.8 Å². The largest absolute Gasteiger partial charge is 0.494 e. The van der Waals surface area contributed by atoms with Gasteiger partial charge in [-0.2, -0.15) is 0 Å². The van der Waals surface area contributed by atoms with Crippen molar-refractivity contribution in [1.82, 2.24) is 39.9 Å². The average molecular weight is 1290 g/mol. The molecule has 15 rings (SSSR count). The van der Waals surface area contributed by atoms with Gasteiger partial charge in [0.15, 0.2) is 0 Å². The standard InChI is InChI=1S/C88H88N8O2/c1-85(2,3)57-43-55(44-58(49-57)86(4,5)6)81-69-31-27-63(91-69)51-61-25-29-67(89-61)79-53-21-19-23-65(47-53)97-41-17-15-13-14-16-18-42-98-66-24-20-22-54(48-66)80-68-30-26-62(90-68)52-64-28-32-70(92-64)82(56-45-59(87(7,8)9)50-60(46-56)88(10,11)12)74-36-40-78(96-74)84(76-38-34-72(80)94-76)83(75-37-33-71(79)93-75)77-39-35-73(81)95-77/h19-40,43-52,91-94H,13-18,41-42H2,1-12H3. The lowest BCUT2D eigenvalue weighted by Crippen LogP contribution is -2.16. The molecule has 5 aliphatic rings. The molecule has 98 heavy (non-hydrogen) atoms. The van der Waals surface area contributed by atoms with E-state index in [2.05, 4.69) is 297 Å². The maximum absolute atomic E-state index is 6.61. The van der Waals surface area contributed by atoms with Gasteiger partial charge in [-0.3, -0.25) is 0 Å². The van der Waals surface area contributed by atoms with Crippen LogP contribution < -0.4 is 9.47 Å². The number of rotatable bonds is 2. The van der Waals surface area contributed by atoms with Crippen molar-refractivity contribution in [3.8, 4) is 67.1 Å². The maximum atomic E-state index is 6.61. The van der Waals surface area contributed by atoms with Gasteiger partial charge in [-0.1, -0.05) is 169 Å². The quantitative estimate of drug-likeness (QED) is 0.136. The molecule has 10 nitrogen and oxygen atoms in total. The van der Waals surface area contributed by atoms with E-state index in [1.165, 1.54) is 22.3 Å². The molecular formula is C88H88N8O2. The van der Waals surface area contributed by atoms with Crippen LogP contribution in [0.3, 0.4) is 0 Å². The first kappa shape index (κ1) is 63.7. The van der Waals surface area contributed by atoms with Gasteiger partial charge in [0.25, 0.3) is 0 Å². The van der Waals surface area contributed by atoms with E-state index in [9.17, 15) is 0 Å². The van der Waals surface area contributed by atoms with Crippen LogP contribution in [0.5, 0.6) is 11.5 Å². The van der Waals surface area contributed by atoms with E-state index in [1.54, 1.807) is 0 Å². The minimum atomic E-state index is -0.142. The minimum Gasteiger partial charge on any atom is -0.494 e. The summed E-state index contributed by atoms with van der Waals surface area (Å²) in [6.07, 6.45) is 23.7. The highest BCUT2D eigenvalue weighted by Crippen LogP contribution is 2.45. The van der Waals surface area contributed by atoms with Gasteiger partial charge in [-0.25, -0.2) is 19.9 Å². The van der Waals surface area contributed by atoms with Crippen LogP contribution >= 0.6 is 0 Å². The molecule has 0 radical (unpaired) electrons. The third-order valence-electron chi connectivity index (χ3n) is 19.6. The van der Waals surface area contributed by atoms with E-state index in [1.807, 2.05) is 0 Å². The van der Waals surface area contributed by atoms with E-state index in [4.69, 9.17) is 29.4 Å². The molecule has 10 aromatic rings. The number of fused-ring (bicyclic) bond motifs is 23. The number of benzene rings is 4. The number of aromatic nitrogens is 8. The van der Waals surface area contributed by atoms with Gasteiger partial charge < -0.3 is 29.4 Å². The summed E-state index contributed by atoms with van der Waals surface area (Å²) < 4.78 is 13.2. The Balaban J connectivity index is 1.12. The second-order valence-corrected chi connectivity index (χ2v) is 31.2. The van der Waals surface area contributed by atoms with E-state index in [-0.39, 0.29) is 21.7 Å². The summed E-state index contributed by atoms with van der Waals surface area (Å²) >= 11 is 0. The zero-order valence-corrected chi connectivity index (χ0v) is 58.7. The predicted molar refractivity (Wildman–Crippen MR) is 412 cm³/mol. The Morgan fingerprint density at radius 1 is 0.276 bits per heavy atom. The molecule has 6 aromatic heterocycles. The minimum absolute atomic E-state index is 0.142. The Labute approximate surface area is 575 Å². The third kappa shape index (κ3) is 12.8. The molecule has 0 spiro atoms. The molecule has 0 saturated carbocycles. The molecule has 10 heteroatoms. The summed E-state index contributed by atoms with van der Waals surface area (Å²) in [4.78, 5) is 38.8. The number of ether oxygens (including phenoxy) is 2. The first-order chi connectivity index (χ1) is 47.0. The smallest absolute Gasteiger partial charge is 0.119 e. The van der Waals surface area contributed by atoms with Crippen molar-refractivity contribution in [1.29, 1.82) is 0 Å². The summed E-state index contributed by atoms with van der Waals surface area (Å²) in [5, 5.41) is 0. The van der Waals surface area contributed by atoms with Crippen molar-refractivity contribution in [2.45, 2.75) is 143 Å². The molecule has 24 bridgehead atoms. The van der Waals surface area contributed by atoms with Crippen LogP contribution in [-0.4, -0.2) is 53.1 Å². The molecule has 0 atom stereocenters. The lowest BCUT2D eigenvalue weighted by molar-refractivity contribution is 0.297. The molecule has 4 aromatic carbocycles. The number of hydrogen-bond acceptors (Lipinski definition) is 6. The van der Waals surface area contributed by atoms with Gasteiger partial charge >= 0.3 is 0 Å². The molecule has 0 saturated heterocycles. The molecule has 4 N–H and O–H groups in total. The Morgan fingerprint density at radius 2 is 0.582 bits per heavy atom. The second kappa shape index (κ2) is 25.0. The second-order valence-electron chi connectivity index (χ2n) is 31.2. The molecule has 0 unspecified atom stereocenters. The van der Waals surface area contributed by atoms with Crippen LogP contribution in [0, 0.1) is 0 Å². The Bertz CT molecular complexity index is 4940. The fraction of sp³-hybridized carbons (Fsp3) is 0.273. The molecule has 0 amide bonds. The van der Waals surface area contributed by atoms with Crippen LogP contribution in [0.4, 0.5) is 0 Å². The van der Waals surface area contributed by atoms with Crippen molar-refractivity contribution in [2.75, 3.05) is 13.2 Å². The Kier molecular flexibility index (Phi) is 16.2. The number of H-pyrrole nitrogens is 4. The highest BCUT2D eigenvalue weighted by Gasteiger charge is 2.28. The van der Waals surface area contributed by atoms with Crippen molar-refractivity contribution in [3.63, 3.8) is 0 Å². The number of hydrogen-bond donors (Lipinski definition) is 4. The summed E-state index contributed by atoms with van der Waals surface area (Å²) in [6.45, 7) is 28.9. The van der Waals surface area contributed by atoms with Crippen molar-refractivity contribution in [2.24, 2.45) is 0 Å². The Hall–Kier alpha value is -10.3. The first-order valence-corrected chi connectivity index (χ1v) is 35.1. The van der Waals surface area contributed by atoms with E-state index in [0.717, 1.165) is 195 Å².